The summed E-state index contributed by atoms with van der Waals surface area (Å²) in [4.78, 5) is 11.3. The van der Waals surface area contributed by atoms with Crippen molar-refractivity contribution >= 4 is 17.3 Å². The maximum atomic E-state index is 4.74. The summed E-state index contributed by atoms with van der Waals surface area (Å²) in [5.74, 6) is 0.893. The molecule has 26 heavy (non-hydrogen) atoms. The summed E-state index contributed by atoms with van der Waals surface area (Å²) in [6.07, 6.45) is 2.94. The Bertz CT molecular complexity index is 850. The number of benzene rings is 1. The fraction of sp³-hybridized carbons (Fsp3) is 0.300. The van der Waals surface area contributed by atoms with Crippen LogP contribution in [0.15, 0.2) is 59.0 Å². The van der Waals surface area contributed by atoms with E-state index in [9.17, 15) is 0 Å². The monoisotopic (exact) mass is 367 g/mol. The summed E-state index contributed by atoms with van der Waals surface area (Å²) in [5, 5.41) is 6.64. The molecular weight excluding hydrogens is 342 g/mol. The number of hydrogen-bond donors (Lipinski definition) is 1. The number of hydrogen-bond acceptors (Lipinski definition) is 3. The Kier molecular flexibility index (Phi) is 6.07. The van der Waals surface area contributed by atoms with Crippen molar-refractivity contribution in [3.05, 3.63) is 65.4 Å². The number of thiazole rings is 1. The number of guanidine groups is 1. The summed E-state index contributed by atoms with van der Waals surface area (Å²) in [6.45, 7) is 1.63. The molecule has 0 bridgehead atoms. The van der Waals surface area contributed by atoms with E-state index in [4.69, 9.17) is 4.98 Å². The molecule has 1 aromatic carbocycles. The van der Waals surface area contributed by atoms with Crippen molar-refractivity contribution < 1.29 is 0 Å². The van der Waals surface area contributed by atoms with Gasteiger partial charge in [0.25, 0.3) is 0 Å². The first kappa shape index (κ1) is 18.2. The third kappa shape index (κ3) is 4.52. The molecule has 136 valence electrons. The maximum absolute atomic E-state index is 4.74. The van der Waals surface area contributed by atoms with E-state index in [-0.39, 0.29) is 0 Å². The zero-order valence-electron chi connectivity index (χ0n) is 15.5. The van der Waals surface area contributed by atoms with Crippen molar-refractivity contribution in [1.29, 1.82) is 0 Å². The normalized spacial score (nSPS) is 11.6. The van der Waals surface area contributed by atoms with Gasteiger partial charge in [0.15, 0.2) is 5.96 Å². The first-order valence-electron chi connectivity index (χ1n) is 8.69. The second kappa shape index (κ2) is 8.67. The van der Waals surface area contributed by atoms with E-state index in [1.807, 2.05) is 25.2 Å². The fourth-order valence-corrected chi connectivity index (χ4v) is 3.66. The van der Waals surface area contributed by atoms with Crippen molar-refractivity contribution in [1.82, 2.24) is 19.8 Å². The number of rotatable bonds is 6. The quantitative estimate of drug-likeness (QED) is 0.536. The highest BCUT2D eigenvalue weighted by Crippen LogP contribution is 2.23. The third-order valence-electron chi connectivity index (χ3n) is 4.26. The molecule has 2 aromatic heterocycles. The second-order valence-corrected chi connectivity index (χ2v) is 7.06. The van der Waals surface area contributed by atoms with Gasteiger partial charge in [-0.1, -0.05) is 30.3 Å². The van der Waals surface area contributed by atoms with Gasteiger partial charge < -0.3 is 14.8 Å². The summed E-state index contributed by atoms with van der Waals surface area (Å²) in [5.41, 5.74) is 3.54. The van der Waals surface area contributed by atoms with Gasteiger partial charge in [-0.3, -0.25) is 4.99 Å². The fourth-order valence-electron chi connectivity index (χ4n) is 2.80. The van der Waals surface area contributed by atoms with Gasteiger partial charge in [-0.2, -0.15) is 0 Å². The van der Waals surface area contributed by atoms with Crippen LogP contribution in [-0.2, 0) is 20.0 Å². The predicted octanol–water partition coefficient (Wildman–Crippen LogP) is 3.40. The van der Waals surface area contributed by atoms with Crippen molar-refractivity contribution in [2.75, 3.05) is 20.6 Å². The Morgan fingerprint density at radius 2 is 2.04 bits per heavy atom. The minimum Gasteiger partial charge on any atom is -0.356 e. The van der Waals surface area contributed by atoms with Crippen molar-refractivity contribution in [2.24, 2.45) is 12.0 Å². The van der Waals surface area contributed by atoms with Crippen LogP contribution in [0.1, 0.15) is 11.4 Å². The molecular formula is C20H25N5S. The van der Waals surface area contributed by atoms with Gasteiger partial charge in [0.1, 0.15) is 5.01 Å². The van der Waals surface area contributed by atoms with Gasteiger partial charge in [-0.05, 0) is 12.1 Å². The van der Waals surface area contributed by atoms with Crippen LogP contribution >= 0.6 is 11.3 Å². The molecule has 0 amide bonds. The highest BCUT2D eigenvalue weighted by Gasteiger charge is 2.09. The lowest BCUT2D eigenvalue weighted by atomic mass is 10.2. The largest absolute Gasteiger partial charge is 0.356 e. The van der Waals surface area contributed by atoms with Crippen LogP contribution in [0.2, 0.25) is 0 Å². The lowest BCUT2D eigenvalue weighted by molar-refractivity contribution is 0.462. The van der Waals surface area contributed by atoms with Gasteiger partial charge in [0.2, 0.25) is 0 Å². The van der Waals surface area contributed by atoms with Crippen LogP contribution in [0.4, 0.5) is 0 Å². The highest BCUT2D eigenvalue weighted by molar-refractivity contribution is 7.13. The van der Waals surface area contributed by atoms with E-state index < -0.39 is 0 Å². The Hall–Kier alpha value is -2.60. The minimum absolute atomic E-state index is 0.808. The lowest BCUT2D eigenvalue weighted by Gasteiger charge is -2.22. The highest BCUT2D eigenvalue weighted by atomic mass is 32.1. The van der Waals surface area contributed by atoms with Crippen LogP contribution in [0.5, 0.6) is 0 Å². The molecule has 0 aliphatic rings. The average Bonchev–Trinajstić information content (AvgIpc) is 3.29. The molecule has 0 aliphatic carbocycles. The van der Waals surface area contributed by atoms with Gasteiger partial charge in [0, 0.05) is 56.9 Å². The van der Waals surface area contributed by atoms with Crippen LogP contribution in [0.3, 0.4) is 0 Å². The number of aliphatic imine (C=N–C) groups is 1. The predicted molar refractivity (Wildman–Crippen MR) is 109 cm³/mol. The first-order chi connectivity index (χ1) is 12.7. The number of aromatic nitrogens is 2. The smallest absolute Gasteiger partial charge is 0.193 e. The maximum Gasteiger partial charge on any atom is 0.193 e. The molecule has 6 heteroatoms. The molecule has 0 spiro atoms. The van der Waals surface area contributed by atoms with Crippen LogP contribution in [0.25, 0.3) is 10.6 Å². The molecule has 3 aromatic rings. The van der Waals surface area contributed by atoms with Gasteiger partial charge in [-0.15, -0.1) is 11.3 Å². The van der Waals surface area contributed by atoms with Crippen molar-refractivity contribution in [3.8, 4) is 10.6 Å². The molecule has 0 aliphatic heterocycles. The molecule has 5 nitrogen and oxygen atoms in total. The Labute approximate surface area is 159 Å². The molecule has 3 rings (SSSR count). The van der Waals surface area contributed by atoms with Crippen molar-refractivity contribution in [3.63, 3.8) is 0 Å². The summed E-state index contributed by atoms with van der Waals surface area (Å²) in [7, 11) is 5.94. The van der Waals surface area contributed by atoms with E-state index in [1.165, 1.54) is 11.3 Å². The van der Waals surface area contributed by atoms with Crippen molar-refractivity contribution in [2.45, 2.75) is 13.0 Å². The minimum atomic E-state index is 0.808. The van der Waals surface area contributed by atoms with E-state index >= 15 is 0 Å². The molecule has 2 heterocycles. The summed E-state index contributed by atoms with van der Waals surface area (Å²) in [6, 6.07) is 14.5. The molecule has 0 fully saturated rings. The number of aryl methyl sites for hydroxylation is 1. The van der Waals surface area contributed by atoms with Gasteiger partial charge in [-0.25, -0.2) is 4.98 Å². The van der Waals surface area contributed by atoms with Gasteiger partial charge >= 0.3 is 0 Å². The SMILES string of the molecule is CN=C(NCCc1csc(-c2ccccc2)n1)N(C)Cc1cccn1C. The molecule has 1 N–H and O–H groups in total. The molecule has 0 radical (unpaired) electrons. The second-order valence-electron chi connectivity index (χ2n) is 6.20. The average molecular weight is 368 g/mol. The van der Waals surface area contributed by atoms with Crippen LogP contribution in [0, 0.1) is 0 Å². The Morgan fingerprint density at radius 3 is 2.73 bits per heavy atom. The Morgan fingerprint density at radius 1 is 1.23 bits per heavy atom. The molecule has 0 unspecified atom stereocenters. The van der Waals surface area contributed by atoms with Gasteiger partial charge in [0.05, 0.1) is 12.2 Å². The molecule has 0 atom stereocenters. The van der Waals surface area contributed by atoms with Crippen LogP contribution < -0.4 is 5.32 Å². The first-order valence-corrected chi connectivity index (χ1v) is 9.57. The third-order valence-corrected chi connectivity index (χ3v) is 5.20. The van der Waals surface area contributed by atoms with Crippen LogP contribution in [-0.4, -0.2) is 41.1 Å². The number of nitrogens with one attached hydrogen (secondary N) is 1. The summed E-state index contributed by atoms with van der Waals surface area (Å²) >= 11 is 1.70. The van der Waals surface area contributed by atoms with E-state index in [2.05, 4.69) is 69.7 Å². The zero-order chi connectivity index (χ0) is 18.4. The standard InChI is InChI=1S/C20H25N5S/c1-21-20(25(3)14-18-10-7-13-24(18)2)22-12-11-17-15-26-19(23-17)16-8-5-4-6-9-16/h4-10,13,15H,11-12,14H2,1-3H3,(H,21,22). The Balaban J connectivity index is 1.52. The van der Waals surface area contributed by atoms with E-state index in [1.54, 1.807) is 11.3 Å². The molecule has 0 saturated carbocycles. The van der Waals surface area contributed by atoms with E-state index in [0.717, 1.165) is 36.2 Å². The summed E-state index contributed by atoms with van der Waals surface area (Å²) < 4.78 is 2.13. The zero-order valence-corrected chi connectivity index (χ0v) is 16.3. The topological polar surface area (TPSA) is 45.5 Å². The molecule has 0 saturated heterocycles. The van der Waals surface area contributed by atoms with E-state index in [0.29, 0.717) is 0 Å². The lowest BCUT2D eigenvalue weighted by Crippen LogP contribution is -2.39. The number of nitrogens with zero attached hydrogens (tertiary/aromatic N) is 4.